The Morgan fingerprint density at radius 2 is 1.83 bits per heavy atom. The smallest absolute Gasteiger partial charge is 0.338 e. The fourth-order valence-corrected chi connectivity index (χ4v) is 5.01. The van der Waals surface area contributed by atoms with Gasteiger partial charge in [0.15, 0.2) is 0 Å². The van der Waals surface area contributed by atoms with Crippen molar-refractivity contribution in [3.63, 3.8) is 0 Å². The predicted octanol–water partition coefficient (Wildman–Crippen LogP) is 2.73. The standard InChI is InChI=1S/C25H30N4O5S/c1-4-34-24(31)21-20(27(2)25(32)26-22(21)18-9-14-35-16-18)15-28-10-12-29(13-11-28)23(30)17-5-7-19(33-3)8-6-17/h5-9,14,16,22H,4,10-13,15H2,1-3H3,(H,26,32)/t22-/m0/s1. The van der Waals surface area contributed by atoms with Gasteiger partial charge in [0.2, 0.25) is 0 Å². The minimum atomic E-state index is -0.558. The van der Waals surface area contributed by atoms with Gasteiger partial charge in [0.1, 0.15) is 5.75 Å². The van der Waals surface area contributed by atoms with Crippen LogP contribution in [0.25, 0.3) is 0 Å². The van der Waals surface area contributed by atoms with E-state index in [0.29, 0.717) is 55.3 Å². The van der Waals surface area contributed by atoms with Gasteiger partial charge in [0, 0.05) is 51.0 Å². The van der Waals surface area contributed by atoms with Crippen LogP contribution in [0, 0.1) is 0 Å². The molecule has 0 saturated carbocycles. The van der Waals surface area contributed by atoms with E-state index in [2.05, 4.69) is 10.2 Å². The highest BCUT2D eigenvalue weighted by atomic mass is 32.1. The molecule has 1 saturated heterocycles. The van der Waals surface area contributed by atoms with E-state index in [9.17, 15) is 14.4 Å². The number of amides is 3. The van der Waals surface area contributed by atoms with Crippen LogP contribution in [0.5, 0.6) is 5.75 Å². The number of carbonyl (C=O) groups excluding carboxylic acids is 3. The molecule has 1 atom stereocenters. The first kappa shape index (κ1) is 24.7. The molecule has 1 N–H and O–H groups in total. The van der Waals surface area contributed by atoms with Crippen molar-refractivity contribution in [2.75, 3.05) is 53.5 Å². The van der Waals surface area contributed by atoms with Gasteiger partial charge >= 0.3 is 12.0 Å². The summed E-state index contributed by atoms with van der Waals surface area (Å²) in [5.41, 5.74) is 2.54. The Morgan fingerprint density at radius 1 is 1.11 bits per heavy atom. The van der Waals surface area contributed by atoms with E-state index in [1.165, 1.54) is 16.2 Å². The summed E-state index contributed by atoms with van der Waals surface area (Å²) in [6.07, 6.45) is 0. The van der Waals surface area contributed by atoms with E-state index in [1.54, 1.807) is 45.3 Å². The Kier molecular flexibility index (Phi) is 7.72. The van der Waals surface area contributed by atoms with Crippen LogP contribution in [0.2, 0.25) is 0 Å². The second-order valence-electron chi connectivity index (χ2n) is 8.38. The highest BCUT2D eigenvalue weighted by molar-refractivity contribution is 7.08. The number of piperazine rings is 1. The Hall–Kier alpha value is -3.37. The zero-order valence-corrected chi connectivity index (χ0v) is 21.0. The second kappa shape index (κ2) is 10.9. The lowest BCUT2D eigenvalue weighted by atomic mass is 9.96. The first-order valence-electron chi connectivity index (χ1n) is 11.5. The molecule has 0 bridgehead atoms. The molecule has 10 heteroatoms. The Labute approximate surface area is 208 Å². The zero-order valence-electron chi connectivity index (χ0n) is 20.2. The number of thiophene rings is 1. The van der Waals surface area contributed by atoms with Crippen LogP contribution < -0.4 is 10.1 Å². The molecule has 186 valence electrons. The molecule has 3 amide bonds. The number of hydrogen-bond donors (Lipinski definition) is 1. The molecule has 3 heterocycles. The van der Waals surface area contributed by atoms with E-state index >= 15 is 0 Å². The summed E-state index contributed by atoms with van der Waals surface area (Å²) in [5, 5.41) is 6.77. The Balaban J connectivity index is 1.51. The van der Waals surface area contributed by atoms with Crippen molar-refractivity contribution in [2.24, 2.45) is 0 Å². The van der Waals surface area contributed by atoms with E-state index < -0.39 is 12.0 Å². The molecule has 2 aromatic rings. The van der Waals surface area contributed by atoms with Gasteiger partial charge in [-0.3, -0.25) is 14.6 Å². The molecule has 35 heavy (non-hydrogen) atoms. The molecule has 1 aromatic heterocycles. The average Bonchev–Trinajstić information content (AvgIpc) is 3.42. The summed E-state index contributed by atoms with van der Waals surface area (Å²) in [4.78, 5) is 44.2. The largest absolute Gasteiger partial charge is 0.497 e. The molecule has 0 unspecified atom stereocenters. The molecule has 0 aliphatic carbocycles. The van der Waals surface area contributed by atoms with Crippen LogP contribution in [0.1, 0.15) is 28.9 Å². The van der Waals surface area contributed by atoms with E-state index in [0.717, 1.165) is 5.56 Å². The molecular formula is C25H30N4O5S. The number of likely N-dealkylation sites (N-methyl/N-ethyl adjacent to an activating group) is 1. The molecule has 1 aromatic carbocycles. The number of methoxy groups -OCH3 is 1. The van der Waals surface area contributed by atoms with Crippen LogP contribution in [0.15, 0.2) is 52.4 Å². The van der Waals surface area contributed by atoms with Gasteiger partial charge in [-0.25, -0.2) is 9.59 Å². The number of urea groups is 1. The Morgan fingerprint density at radius 3 is 2.43 bits per heavy atom. The lowest BCUT2D eigenvalue weighted by Crippen LogP contribution is -2.53. The number of benzene rings is 1. The summed E-state index contributed by atoms with van der Waals surface area (Å²) in [7, 11) is 3.26. The molecule has 1 fully saturated rings. The number of rotatable bonds is 7. The summed E-state index contributed by atoms with van der Waals surface area (Å²) in [6.45, 7) is 4.77. The molecular weight excluding hydrogens is 468 g/mol. The third kappa shape index (κ3) is 5.33. The predicted molar refractivity (Wildman–Crippen MR) is 132 cm³/mol. The number of nitrogens with one attached hydrogen (secondary N) is 1. The van der Waals surface area contributed by atoms with Crippen molar-refractivity contribution in [1.29, 1.82) is 0 Å². The van der Waals surface area contributed by atoms with Crippen LogP contribution in [-0.4, -0.2) is 86.1 Å². The minimum absolute atomic E-state index is 0.0228. The monoisotopic (exact) mass is 498 g/mol. The van der Waals surface area contributed by atoms with Gasteiger partial charge in [-0.15, -0.1) is 0 Å². The zero-order chi connectivity index (χ0) is 24.9. The van der Waals surface area contributed by atoms with Crippen molar-refractivity contribution in [3.8, 4) is 5.75 Å². The third-order valence-corrected chi connectivity index (χ3v) is 7.02. The first-order valence-corrected chi connectivity index (χ1v) is 12.5. The van der Waals surface area contributed by atoms with E-state index in [-0.39, 0.29) is 18.5 Å². The third-order valence-electron chi connectivity index (χ3n) is 6.32. The van der Waals surface area contributed by atoms with E-state index in [4.69, 9.17) is 9.47 Å². The molecule has 9 nitrogen and oxygen atoms in total. The lowest BCUT2D eigenvalue weighted by molar-refractivity contribution is -0.139. The molecule has 4 rings (SSSR count). The van der Waals surface area contributed by atoms with Crippen LogP contribution in [-0.2, 0) is 9.53 Å². The number of ether oxygens (including phenoxy) is 2. The van der Waals surface area contributed by atoms with Crippen LogP contribution >= 0.6 is 11.3 Å². The van der Waals surface area contributed by atoms with Gasteiger partial charge in [0.25, 0.3) is 5.91 Å². The fourth-order valence-electron chi connectivity index (χ4n) is 4.32. The van der Waals surface area contributed by atoms with Gasteiger partial charge in [-0.2, -0.15) is 11.3 Å². The number of hydrogen-bond acceptors (Lipinski definition) is 7. The summed E-state index contributed by atoms with van der Waals surface area (Å²) >= 11 is 1.51. The molecule has 0 radical (unpaired) electrons. The minimum Gasteiger partial charge on any atom is -0.497 e. The second-order valence-corrected chi connectivity index (χ2v) is 9.16. The summed E-state index contributed by atoms with van der Waals surface area (Å²) in [6, 6.07) is 8.17. The highest BCUT2D eigenvalue weighted by Crippen LogP contribution is 2.32. The topological polar surface area (TPSA) is 91.4 Å². The van der Waals surface area contributed by atoms with Crippen molar-refractivity contribution in [2.45, 2.75) is 13.0 Å². The SMILES string of the molecule is CCOC(=O)C1=C(CN2CCN(C(=O)c3ccc(OC)cc3)CC2)N(C)C(=O)N[C@H]1c1ccsc1. The Bertz CT molecular complexity index is 1090. The quantitative estimate of drug-likeness (QED) is 0.591. The average molecular weight is 499 g/mol. The summed E-state index contributed by atoms with van der Waals surface area (Å²) < 4.78 is 10.5. The number of carbonyl (C=O) groups is 3. The number of esters is 1. The maximum atomic E-state index is 13.0. The van der Waals surface area contributed by atoms with Crippen LogP contribution in [0.3, 0.4) is 0 Å². The molecule has 0 spiro atoms. The maximum Gasteiger partial charge on any atom is 0.338 e. The van der Waals surface area contributed by atoms with E-state index in [1.807, 2.05) is 21.7 Å². The lowest BCUT2D eigenvalue weighted by Gasteiger charge is -2.39. The number of nitrogens with zero attached hydrogens (tertiary/aromatic N) is 3. The van der Waals surface area contributed by atoms with Gasteiger partial charge in [0.05, 0.1) is 25.3 Å². The normalized spacial score (nSPS) is 18.9. The van der Waals surface area contributed by atoms with Crippen molar-refractivity contribution < 1.29 is 23.9 Å². The van der Waals surface area contributed by atoms with Crippen molar-refractivity contribution >= 4 is 29.2 Å². The highest BCUT2D eigenvalue weighted by Gasteiger charge is 2.38. The summed E-state index contributed by atoms with van der Waals surface area (Å²) in [5.74, 6) is 0.253. The maximum absolute atomic E-state index is 13.0. The van der Waals surface area contributed by atoms with Crippen LogP contribution in [0.4, 0.5) is 4.79 Å². The van der Waals surface area contributed by atoms with Crippen molar-refractivity contribution in [1.82, 2.24) is 20.0 Å². The van der Waals surface area contributed by atoms with Crippen molar-refractivity contribution in [3.05, 3.63) is 63.5 Å². The fraction of sp³-hybridized carbons (Fsp3) is 0.400. The van der Waals surface area contributed by atoms with Gasteiger partial charge in [-0.1, -0.05) is 0 Å². The molecule has 2 aliphatic rings. The first-order chi connectivity index (χ1) is 16.9. The van der Waals surface area contributed by atoms with Gasteiger partial charge in [-0.05, 0) is 53.6 Å². The van der Waals surface area contributed by atoms with Gasteiger partial charge < -0.3 is 19.7 Å². The molecule has 2 aliphatic heterocycles.